The van der Waals surface area contributed by atoms with Crippen LogP contribution in [-0.4, -0.2) is 47.2 Å². The third-order valence-electron chi connectivity index (χ3n) is 5.32. The Balaban J connectivity index is 1.67. The van der Waals surface area contributed by atoms with Gasteiger partial charge in [0.05, 0.1) is 9.79 Å². The molecule has 0 spiro atoms. The number of aryl methyl sites for hydroxylation is 1. The molecule has 1 fully saturated rings. The predicted molar refractivity (Wildman–Crippen MR) is 122 cm³/mol. The largest absolute Gasteiger partial charge is 0.326 e. The molecule has 0 atom stereocenters. The highest BCUT2D eigenvalue weighted by Crippen LogP contribution is 2.27. The number of halogens is 1. The molecule has 1 saturated heterocycles. The molecule has 0 aliphatic carbocycles. The van der Waals surface area contributed by atoms with Gasteiger partial charge in [0.2, 0.25) is 26.0 Å². The molecule has 11 heteroatoms. The Labute approximate surface area is 191 Å². The molecule has 8 nitrogen and oxygen atoms in total. The summed E-state index contributed by atoms with van der Waals surface area (Å²) in [5, 5.41) is 2.80. The molecule has 3 rings (SSSR count). The second-order valence-corrected chi connectivity index (χ2v) is 12.0. The third kappa shape index (κ3) is 5.35. The first-order chi connectivity index (χ1) is 14.5. The number of carbonyl (C=O) groups excluding carboxylic acids is 1. The first-order valence-corrected chi connectivity index (χ1v) is 13.4. The molecule has 0 radical (unpaired) electrons. The summed E-state index contributed by atoms with van der Waals surface area (Å²) in [6.45, 7) is 2.26. The van der Waals surface area contributed by atoms with Crippen molar-refractivity contribution in [3.63, 3.8) is 0 Å². The van der Waals surface area contributed by atoms with Crippen LogP contribution < -0.4 is 10.0 Å². The summed E-state index contributed by atoms with van der Waals surface area (Å²) in [5.74, 6) is -0.608. The highest BCUT2D eigenvalue weighted by atomic mass is 79.9. The van der Waals surface area contributed by atoms with Gasteiger partial charge in [0.15, 0.2) is 0 Å². The summed E-state index contributed by atoms with van der Waals surface area (Å²) in [7, 11) is -5.92. The van der Waals surface area contributed by atoms with Crippen molar-refractivity contribution in [2.24, 2.45) is 5.92 Å². The summed E-state index contributed by atoms with van der Waals surface area (Å²) in [4.78, 5) is 13.0. The van der Waals surface area contributed by atoms with E-state index in [1.165, 1.54) is 23.5 Å². The Morgan fingerprint density at radius 1 is 1.00 bits per heavy atom. The van der Waals surface area contributed by atoms with E-state index >= 15 is 0 Å². The maximum absolute atomic E-state index is 12.8. The molecule has 1 aliphatic rings. The molecular formula is C20H24BrN3O5S2. The van der Waals surface area contributed by atoms with Crippen LogP contribution >= 0.6 is 15.9 Å². The standard InChI is InChI=1S/C20H24BrN3O5S2/c1-14-3-6-18(30(26,27)22-2)13-19(14)23-20(25)15-9-11-24(12-10-15)31(28,29)17-7-4-16(21)5-8-17/h3-8,13,15,22H,9-12H2,1-2H3,(H,23,25). The van der Waals surface area contributed by atoms with E-state index in [2.05, 4.69) is 26.0 Å². The number of amides is 1. The van der Waals surface area contributed by atoms with Gasteiger partial charge in [-0.15, -0.1) is 0 Å². The van der Waals surface area contributed by atoms with Crippen LogP contribution in [0.15, 0.2) is 56.7 Å². The third-order valence-corrected chi connectivity index (χ3v) is 9.18. The average molecular weight is 530 g/mol. The molecule has 1 aliphatic heterocycles. The van der Waals surface area contributed by atoms with E-state index in [1.54, 1.807) is 37.3 Å². The lowest BCUT2D eigenvalue weighted by Gasteiger charge is -2.30. The number of nitrogens with one attached hydrogen (secondary N) is 2. The molecule has 31 heavy (non-hydrogen) atoms. The van der Waals surface area contributed by atoms with Gasteiger partial charge in [-0.2, -0.15) is 4.31 Å². The molecule has 1 amide bonds. The van der Waals surface area contributed by atoms with Crippen molar-refractivity contribution in [2.75, 3.05) is 25.5 Å². The van der Waals surface area contributed by atoms with E-state index in [4.69, 9.17) is 0 Å². The molecule has 168 valence electrons. The van der Waals surface area contributed by atoms with Crippen molar-refractivity contribution in [3.8, 4) is 0 Å². The summed E-state index contributed by atoms with van der Waals surface area (Å²) >= 11 is 3.29. The van der Waals surface area contributed by atoms with Gasteiger partial charge in [0.1, 0.15) is 0 Å². The van der Waals surface area contributed by atoms with Crippen LogP contribution in [0.3, 0.4) is 0 Å². The zero-order valence-corrected chi connectivity index (χ0v) is 20.3. The van der Waals surface area contributed by atoms with Crippen LogP contribution in [-0.2, 0) is 24.8 Å². The van der Waals surface area contributed by atoms with Crippen LogP contribution in [0.4, 0.5) is 5.69 Å². The van der Waals surface area contributed by atoms with Crippen molar-refractivity contribution < 1.29 is 21.6 Å². The molecule has 1 heterocycles. The number of carbonyl (C=O) groups is 1. The topological polar surface area (TPSA) is 113 Å². The van der Waals surface area contributed by atoms with E-state index in [9.17, 15) is 21.6 Å². The second kappa shape index (κ2) is 9.37. The first kappa shape index (κ1) is 23.9. The van der Waals surface area contributed by atoms with Gasteiger partial charge in [-0.05, 0) is 68.8 Å². The summed E-state index contributed by atoms with van der Waals surface area (Å²) in [6.07, 6.45) is 0.768. The van der Waals surface area contributed by atoms with E-state index in [0.29, 0.717) is 18.5 Å². The molecule has 2 aromatic carbocycles. The van der Waals surface area contributed by atoms with Crippen LogP contribution in [0.2, 0.25) is 0 Å². The lowest BCUT2D eigenvalue weighted by Crippen LogP contribution is -2.41. The number of rotatable bonds is 6. The maximum Gasteiger partial charge on any atom is 0.243 e. The maximum atomic E-state index is 12.8. The quantitative estimate of drug-likeness (QED) is 0.597. The van der Waals surface area contributed by atoms with Gasteiger partial charge in [-0.1, -0.05) is 22.0 Å². The Hall–Kier alpha value is -1.79. The van der Waals surface area contributed by atoms with E-state index < -0.39 is 20.0 Å². The van der Waals surface area contributed by atoms with Crippen molar-refractivity contribution >= 4 is 47.6 Å². The number of nitrogens with zero attached hydrogens (tertiary/aromatic N) is 1. The van der Waals surface area contributed by atoms with Gasteiger partial charge >= 0.3 is 0 Å². The second-order valence-electron chi connectivity index (χ2n) is 7.31. The SMILES string of the molecule is CNS(=O)(=O)c1ccc(C)c(NC(=O)C2CCN(S(=O)(=O)c3ccc(Br)cc3)CC2)c1. The van der Waals surface area contributed by atoms with Gasteiger partial charge in [-0.3, -0.25) is 4.79 Å². The number of benzene rings is 2. The fourth-order valence-electron chi connectivity index (χ4n) is 3.37. The van der Waals surface area contributed by atoms with Gasteiger partial charge in [-0.25, -0.2) is 21.6 Å². The molecule has 0 unspecified atom stereocenters. The lowest BCUT2D eigenvalue weighted by atomic mass is 9.97. The van der Waals surface area contributed by atoms with Crippen molar-refractivity contribution in [2.45, 2.75) is 29.6 Å². The van der Waals surface area contributed by atoms with E-state index in [0.717, 1.165) is 10.0 Å². The Morgan fingerprint density at radius 2 is 1.58 bits per heavy atom. The van der Waals surface area contributed by atoms with E-state index in [-0.39, 0.29) is 34.7 Å². The minimum atomic E-state index is -3.63. The summed E-state index contributed by atoms with van der Waals surface area (Å²) < 4.78 is 54.1. The van der Waals surface area contributed by atoms with Crippen LogP contribution in [0.1, 0.15) is 18.4 Å². The molecule has 0 aromatic heterocycles. The van der Waals surface area contributed by atoms with Gasteiger partial charge in [0.25, 0.3) is 0 Å². The van der Waals surface area contributed by atoms with Crippen molar-refractivity contribution in [3.05, 3.63) is 52.5 Å². The Morgan fingerprint density at radius 3 is 2.16 bits per heavy atom. The van der Waals surface area contributed by atoms with Gasteiger partial charge in [0, 0.05) is 29.2 Å². The average Bonchev–Trinajstić information content (AvgIpc) is 2.75. The summed E-state index contributed by atoms with van der Waals surface area (Å²) in [6, 6.07) is 11.0. The minimum absolute atomic E-state index is 0.0614. The summed E-state index contributed by atoms with van der Waals surface area (Å²) in [5.41, 5.74) is 1.16. The lowest BCUT2D eigenvalue weighted by molar-refractivity contribution is -0.120. The molecule has 0 saturated carbocycles. The fourth-order valence-corrected chi connectivity index (χ4v) is 5.86. The van der Waals surface area contributed by atoms with Crippen LogP contribution in [0, 0.1) is 12.8 Å². The van der Waals surface area contributed by atoms with Gasteiger partial charge < -0.3 is 5.32 Å². The zero-order chi connectivity index (χ0) is 22.8. The number of sulfonamides is 2. The monoisotopic (exact) mass is 529 g/mol. The number of anilines is 1. The molecule has 2 aromatic rings. The fraction of sp³-hybridized carbons (Fsp3) is 0.350. The zero-order valence-electron chi connectivity index (χ0n) is 17.1. The normalized spacial score (nSPS) is 16.2. The highest BCUT2D eigenvalue weighted by Gasteiger charge is 2.32. The Bertz CT molecular complexity index is 1170. The number of piperidine rings is 1. The van der Waals surface area contributed by atoms with E-state index in [1.807, 2.05) is 0 Å². The van der Waals surface area contributed by atoms with Crippen LogP contribution in [0.25, 0.3) is 0 Å². The highest BCUT2D eigenvalue weighted by molar-refractivity contribution is 9.10. The molecule has 0 bridgehead atoms. The predicted octanol–water partition coefficient (Wildman–Crippen LogP) is 2.71. The molecular weight excluding hydrogens is 506 g/mol. The van der Waals surface area contributed by atoms with Crippen molar-refractivity contribution in [1.82, 2.24) is 9.03 Å². The first-order valence-electron chi connectivity index (χ1n) is 9.65. The van der Waals surface area contributed by atoms with Crippen LogP contribution in [0.5, 0.6) is 0 Å². The Kier molecular flexibility index (Phi) is 7.21. The smallest absolute Gasteiger partial charge is 0.243 e. The number of hydrogen-bond acceptors (Lipinski definition) is 5. The molecule has 2 N–H and O–H groups in total. The minimum Gasteiger partial charge on any atom is -0.326 e. The number of hydrogen-bond donors (Lipinski definition) is 2. The van der Waals surface area contributed by atoms with Crippen molar-refractivity contribution in [1.29, 1.82) is 0 Å².